The summed E-state index contributed by atoms with van der Waals surface area (Å²) in [5, 5.41) is 0. The van der Waals surface area contributed by atoms with Crippen LogP contribution in [0.2, 0.25) is 0 Å². The third kappa shape index (κ3) is 5.64. The largest absolute Gasteiger partial charge is 0.256 e. The van der Waals surface area contributed by atoms with E-state index in [-0.39, 0.29) is 5.82 Å². The lowest BCUT2D eigenvalue weighted by molar-refractivity contribution is 0.250. The molecule has 0 atom stereocenters. The molecule has 0 saturated heterocycles. The molecule has 1 aliphatic rings. The molecule has 1 aromatic carbocycles. The molecule has 1 heterocycles. The number of hydrogen-bond acceptors (Lipinski definition) is 1. The van der Waals surface area contributed by atoms with Gasteiger partial charge in [0.1, 0.15) is 5.82 Å². The first-order valence-corrected chi connectivity index (χ1v) is 10.9. The second kappa shape index (κ2) is 10.0. The van der Waals surface area contributed by atoms with Crippen molar-refractivity contribution in [2.24, 2.45) is 11.8 Å². The van der Waals surface area contributed by atoms with E-state index in [1.54, 1.807) is 6.07 Å². The molecule has 1 aromatic heterocycles. The molecule has 3 rings (SSSR count). The quantitative estimate of drug-likeness (QED) is 0.474. The zero-order valence-corrected chi connectivity index (χ0v) is 17.0. The summed E-state index contributed by atoms with van der Waals surface area (Å²) in [4.78, 5) is 4.42. The van der Waals surface area contributed by atoms with E-state index in [1.807, 2.05) is 24.4 Å². The predicted octanol–water partition coefficient (Wildman–Crippen LogP) is 7.38. The fourth-order valence-corrected chi connectivity index (χ4v) is 4.39. The SMILES string of the molecule is CCCCC1CCC(CCc2ccc(-c3ccc(CC)cn3)c(F)c2)CC1. The average Bonchev–Trinajstić information content (AvgIpc) is 2.72. The number of halogens is 1. The van der Waals surface area contributed by atoms with Crippen molar-refractivity contribution in [2.45, 2.75) is 78.1 Å². The summed E-state index contributed by atoms with van der Waals surface area (Å²) < 4.78 is 14.6. The van der Waals surface area contributed by atoms with Crippen LogP contribution >= 0.6 is 0 Å². The van der Waals surface area contributed by atoms with Crippen molar-refractivity contribution in [1.82, 2.24) is 4.98 Å². The second-order valence-electron chi connectivity index (χ2n) is 8.29. The Morgan fingerprint density at radius 2 is 1.63 bits per heavy atom. The number of nitrogens with zero attached hydrogens (tertiary/aromatic N) is 1. The number of pyridine rings is 1. The van der Waals surface area contributed by atoms with Crippen LogP contribution in [0.1, 0.15) is 76.3 Å². The maximum atomic E-state index is 14.6. The number of hydrogen-bond donors (Lipinski definition) is 0. The fourth-order valence-electron chi connectivity index (χ4n) is 4.39. The van der Waals surface area contributed by atoms with Crippen molar-refractivity contribution in [3.05, 3.63) is 53.5 Å². The van der Waals surface area contributed by atoms with Crippen LogP contribution < -0.4 is 0 Å². The zero-order chi connectivity index (χ0) is 19.1. The third-order valence-corrected chi connectivity index (χ3v) is 6.32. The molecule has 1 aliphatic carbocycles. The van der Waals surface area contributed by atoms with Gasteiger partial charge < -0.3 is 0 Å². The summed E-state index contributed by atoms with van der Waals surface area (Å²) >= 11 is 0. The molecule has 0 bridgehead atoms. The minimum atomic E-state index is -0.146. The van der Waals surface area contributed by atoms with E-state index in [4.69, 9.17) is 0 Å². The lowest BCUT2D eigenvalue weighted by atomic mass is 9.78. The van der Waals surface area contributed by atoms with Gasteiger partial charge in [0.25, 0.3) is 0 Å². The van der Waals surface area contributed by atoms with E-state index in [0.29, 0.717) is 5.56 Å². The standard InChI is InChI=1S/C25H34FN/c1-3-5-6-20-7-9-21(10-8-20)11-12-22-13-15-23(24(26)17-22)25-16-14-19(4-2)18-27-25/h13-18,20-21H,3-12H2,1-2H3. The van der Waals surface area contributed by atoms with Crippen LogP contribution in [0.15, 0.2) is 36.5 Å². The summed E-state index contributed by atoms with van der Waals surface area (Å²) in [6.07, 6.45) is 14.6. The van der Waals surface area contributed by atoms with Crippen LogP contribution in [0, 0.1) is 17.7 Å². The lowest BCUT2D eigenvalue weighted by Gasteiger charge is -2.28. The molecular weight excluding hydrogens is 333 g/mol. The molecule has 2 aromatic rings. The number of unbranched alkanes of at least 4 members (excludes halogenated alkanes) is 1. The maximum absolute atomic E-state index is 14.6. The Labute approximate surface area is 164 Å². The fraction of sp³-hybridized carbons (Fsp3) is 0.560. The Morgan fingerprint density at radius 1 is 0.926 bits per heavy atom. The first-order valence-electron chi connectivity index (χ1n) is 10.9. The summed E-state index contributed by atoms with van der Waals surface area (Å²) in [5.41, 5.74) is 3.63. The van der Waals surface area contributed by atoms with Crippen molar-refractivity contribution < 1.29 is 4.39 Å². The van der Waals surface area contributed by atoms with Gasteiger partial charge in [-0.05, 0) is 60.4 Å². The van der Waals surface area contributed by atoms with Crippen LogP contribution in [0.25, 0.3) is 11.3 Å². The third-order valence-electron chi connectivity index (χ3n) is 6.32. The van der Waals surface area contributed by atoms with Gasteiger partial charge >= 0.3 is 0 Å². The molecule has 0 radical (unpaired) electrons. The highest BCUT2D eigenvalue weighted by Gasteiger charge is 2.20. The number of aromatic nitrogens is 1. The van der Waals surface area contributed by atoms with Gasteiger partial charge in [-0.2, -0.15) is 0 Å². The van der Waals surface area contributed by atoms with E-state index in [1.165, 1.54) is 56.9 Å². The van der Waals surface area contributed by atoms with Gasteiger partial charge in [0.15, 0.2) is 0 Å². The van der Waals surface area contributed by atoms with Crippen LogP contribution in [-0.2, 0) is 12.8 Å². The minimum Gasteiger partial charge on any atom is -0.256 e. The Kier molecular flexibility index (Phi) is 7.43. The van der Waals surface area contributed by atoms with Crippen LogP contribution in [0.3, 0.4) is 0 Å². The Morgan fingerprint density at radius 3 is 2.22 bits per heavy atom. The molecule has 0 spiro atoms. The van der Waals surface area contributed by atoms with Gasteiger partial charge in [-0.25, -0.2) is 4.39 Å². The van der Waals surface area contributed by atoms with E-state index >= 15 is 0 Å². The van der Waals surface area contributed by atoms with Gasteiger partial charge in [0, 0.05) is 11.8 Å². The second-order valence-corrected chi connectivity index (χ2v) is 8.29. The molecule has 1 fully saturated rings. The summed E-state index contributed by atoms with van der Waals surface area (Å²) in [6.45, 7) is 4.38. The van der Waals surface area contributed by atoms with Crippen molar-refractivity contribution in [2.75, 3.05) is 0 Å². The maximum Gasteiger partial charge on any atom is 0.132 e. The van der Waals surface area contributed by atoms with E-state index in [9.17, 15) is 4.39 Å². The summed E-state index contributed by atoms with van der Waals surface area (Å²) in [7, 11) is 0. The van der Waals surface area contributed by atoms with E-state index in [0.717, 1.165) is 35.9 Å². The highest BCUT2D eigenvalue weighted by atomic mass is 19.1. The average molecular weight is 368 g/mol. The lowest BCUT2D eigenvalue weighted by Crippen LogP contribution is -2.15. The summed E-state index contributed by atoms with van der Waals surface area (Å²) in [5.74, 6) is 1.64. The molecule has 2 heteroatoms. The Hall–Kier alpha value is -1.70. The van der Waals surface area contributed by atoms with Crippen molar-refractivity contribution in [3.63, 3.8) is 0 Å². The van der Waals surface area contributed by atoms with Gasteiger partial charge in [-0.1, -0.05) is 70.9 Å². The first-order chi connectivity index (χ1) is 13.2. The van der Waals surface area contributed by atoms with E-state index < -0.39 is 0 Å². The van der Waals surface area contributed by atoms with E-state index in [2.05, 4.69) is 24.9 Å². The molecule has 146 valence electrons. The van der Waals surface area contributed by atoms with Gasteiger partial charge in [0.2, 0.25) is 0 Å². The topological polar surface area (TPSA) is 12.9 Å². The molecule has 1 nitrogen and oxygen atoms in total. The summed E-state index contributed by atoms with van der Waals surface area (Å²) in [6, 6.07) is 9.67. The van der Waals surface area contributed by atoms with Gasteiger partial charge in [-0.3, -0.25) is 4.98 Å². The molecule has 0 aliphatic heterocycles. The van der Waals surface area contributed by atoms with Crippen LogP contribution in [-0.4, -0.2) is 4.98 Å². The molecule has 0 amide bonds. The monoisotopic (exact) mass is 367 g/mol. The first kappa shape index (κ1) is 20.0. The molecule has 1 saturated carbocycles. The molecule has 0 unspecified atom stereocenters. The number of aryl methyl sites for hydroxylation is 2. The number of benzene rings is 1. The smallest absolute Gasteiger partial charge is 0.132 e. The Bertz CT molecular complexity index is 699. The van der Waals surface area contributed by atoms with Crippen molar-refractivity contribution in [1.29, 1.82) is 0 Å². The Balaban J connectivity index is 1.52. The molecule has 0 N–H and O–H groups in total. The highest BCUT2D eigenvalue weighted by molar-refractivity contribution is 5.60. The minimum absolute atomic E-state index is 0.146. The normalized spacial score (nSPS) is 20.0. The van der Waals surface area contributed by atoms with Crippen molar-refractivity contribution >= 4 is 0 Å². The number of rotatable bonds is 8. The molecule has 27 heavy (non-hydrogen) atoms. The van der Waals surface area contributed by atoms with Gasteiger partial charge in [-0.15, -0.1) is 0 Å². The van der Waals surface area contributed by atoms with Gasteiger partial charge in [0.05, 0.1) is 5.69 Å². The van der Waals surface area contributed by atoms with Crippen molar-refractivity contribution in [3.8, 4) is 11.3 Å². The van der Waals surface area contributed by atoms with Crippen LogP contribution in [0.5, 0.6) is 0 Å². The predicted molar refractivity (Wildman–Crippen MR) is 112 cm³/mol. The molecular formula is C25H34FN. The van der Waals surface area contributed by atoms with Crippen LogP contribution in [0.4, 0.5) is 4.39 Å². The zero-order valence-electron chi connectivity index (χ0n) is 17.0. The highest BCUT2D eigenvalue weighted by Crippen LogP contribution is 2.34.